The third-order valence-corrected chi connectivity index (χ3v) is 3.99. The van der Waals surface area contributed by atoms with Crippen LogP contribution in [0.15, 0.2) is 52.3 Å². The quantitative estimate of drug-likeness (QED) is 0.418. The van der Waals surface area contributed by atoms with Crippen molar-refractivity contribution in [2.75, 3.05) is 5.32 Å². The molecule has 0 radical (unpaired) electrons. The van der Waals surface area contributed by atoms with Gasteiger partial charge in [0.1, 0.15) is 11.5 Å². The highest BCUT2D eigenvalue weighted by atomic mass is 32.1. The maximum atomic E-state index is 12.0. The Morgan fingerprint density at radius 2 is 2.20 bits per heavy atom. The Hall–Kier alpha value is -3.26. The van der Waals surface area contributed by atoms with Crippen molar-refractivity contribution in [3.8, 4) is 11.5 Å². The van der Waals surface area contributed by atoms with Gasteiger partial charge in [-0.1, -0.05) is 12.1 Å². The second-order valence-electron chi connectivity index (χ2n) is 5.12. The average Bonchev–Trinajstić information content (AvgIpc) is 3.22. The first-order valence-electron chi connectivity index (χ1n) is 7.27. The SMILES string of the molecule is Cc1ccc(-c2csc(NC(=O)C=Cc3cccc([N+](=O)[O-])c3)n2)o1. The molecule has 0 aliphatic heterocycles. The molecule has 2 aromatic heterocycles. The van der Waals surface area contributed by atoms with Crippen molar-refractivity contribution >= 4 is 34.1 Å². The smallest absolute Gasteiger partial charge is 0.270 e. The number of nitrogens with zero attached hydrogens (tertiary/aromatic N) is 2. The maximum absolute atomic E-state index is 12.0. The second-order valence-corrected chi connectivity index (χ2v) is 5.98. The van der Waals surface area contributed by atoms with E-state index in [-0.39, 0.29) is 11.6 Å². The lowest BCUT2D eigenvalue weighted by Crippen LogP contribution is -2.07. The third kappa shape index (κ3) is 4.18. The third-order valence-electron chi connectivity index (χ3n) is 3.24. The molecule has 0 bridgehead atoms. The van der Waals surface area contributed by atoms with Gasteiger partial charge in [0.05, 0.1) is 4.92 Å². The lowest BCUT2D eigenvalue weighted by molar-refractivity contribution is -0.384. The van der Waals surface area contributed by atoms with Gasteiger partial charge in [-0.05, 0) is 30.7 Å². The number of amides is 1. The molecule has 8 heteroatoms. The number of thiazole rings is 1. The van der Waals surface area contributed by atoms with Crippen LogP contribution in [0.1, 0.15) is 11.3 Å². The number of hydrogen-bond donors (Lipinski definition) is 1. The van der Waals surface area contributed by atoms with E-state index >= 15 is 0 Å². The molecule has 0 aliphatic carbocycles. The van der Waals surface area contributed by atoms with Crippen molar-refractivity contribution in [2.24, 2.45) is 0 Å². The number of nitro groups is 1. The van der Waals surface area contributed by atoms with Crippen LogP contribution in [0.5, 0.6) is 0 Å². The minimum Gasteiger partial charge on any atom is -0.460 e. The first-order valence-corrected chi connectivity index (χ1v) is 8.15. The van der Waals surface area contributed by atoms with Crippen LogP contribution in [0, 0.1) is 17.0 Å². The molecule has 2 heterocycles. The number of carbonyl (C=O) groups is 1. The van der Waals surface area contributed by atoms with Gasteiger partial charge in [-0.15, -0.1) is 11.3 Å². The van der Waals surface area contributed by atoms with Crippen LogP contribution in [0.25, 0.3) is 17.5 Å². The number of anilines is 1. The summed E-state index contributed by atoms with van der Waals surface area (Å²) in [7, 11) is 0. The van der Waals surface area contributed by atoms with E-state index in [4.69, 9.17) is 4.42 Å². The van der Waals surface area contributed by atoms with Gasteiger partial charge in [0.2, 0.25) is 5.91 Å². The number of carbonyl (C=O) groups excluding carboxylic acids is 1. The van der Waals surface area contributed by atoms with Gasteiger partial charge >= 0.3 is 0 Å². The van der Waals surface area contributed by atoms with Crippen LogP contribution in [-0.4, -0.2) is 15.8 Å². The standard InChI is InChI=1S/C17H13N3O4S/c1-11-5-7-15(24-11)14-10-25-17(18-14)19-16(21)8-6-12-3-2-4-13(9-12)20(22)23/h2-10H,1H3,(H,18,19,21). The average molecular weight is 355 g/mol. The first kappa shape index (κ1) is 16.6. The fourth-order valence-electron chi connectivity index (χ4n) is 2.08. The summed E-state index contributed by atoms with van der Waals surface area (Å²) >= 11 is 1.28. The fraction of sp³-hybridized carbons (Fsp3) is 0.0588. The number of non-ortho nitro benzene ring substituents is 1. The first-order chi connectivity index (χ1) is 12.0. The van der Waals surface area contributed by atoms with Gasteiger partial charge in [-0.2, -0.15) is 0 Å². The summed E-state index contributed by atoms with van der Waals surface area (Å²) in [4.78, 5) is 26.5. The minimum atomic E-state index is -0.481. The Bertz CT molecular complexity index is 958. The number of rotatable bonds is 5. The summed E-state index contributed by atoms with van der Waals surface area (Å²) in [6, 6.07) is 9.69. The molecule has 0 saturated heterocycles. The van der Waals surface area contributed by atoms with Crippen molar-refractivity contribution < 1.29 is 14.1 Å². The molecule has 0 fully saturated rings. The zero-order chi connectivity index (χ0) is 17.8. The molecule has 0 spiro atoms. The summed E-state index contributed by atoms with van der Waals surface area (Å²) < 4.78 is 5.49. The second kappa shape index (κ2) is 7.10. The van der Waals surface area contributed by atoms with Crippen LogP contribution in [0.3, 0.4) is 0 Å². The van der Waals surface area contributed by atoms with Crippen molar-refractivity contribution in [3.05, 3.63) is 69.3 Å². The lowest BCUT2D eigenvalue weighted by Gasteiger charge is -1.97. The number of benzene rings is 1. The highest BCUT2D eigenvalue weighted by molar-refractivity contribution is 7.14. The molecule has 7 nitrogen and oxygen atoms in total. The molecule has 0 saturated carbocycles. The van der Waals surface area contributed by atoms with E-state index in [1.54, 1.807) is 17.5 Å². The van der Waals surface area contributed by atoms with Crippen LogP contribution < -0.4 is 5.32 Å². The van der Waals surface area contributed by atoms with E-state index in [1.165, 1.54) is 35.6 Å². The minimum absolute atomic E-state index is 0.0270. The molecule has 25 heavy (non-hydrogen) atoms. The zero-order valence-electron chi connectivity index (χ0n) is 13.1. The largest absolute Gasteiger partial charge is 0.460 e. The van der Waals surface area contributed by atoms with Gasteiger partial charge in [0.25, 0.3) is 5.69 Å². The van der Waals surface area contributed by atoms with Crippen molar-refractivity contribution in [1.29, 1.82) is 0 Å². The molecule has 1 N–H and O–H groups in total. The van der Waals surface area contributed by atoms with Crippen LogP contribution in [0.2, 0.25) is 0 Å². The monoisotopic (exact) mass is 355 g/mol. The van der Waals surface area contributed by atoms with Crippen molar-refractivity contribution in [3.63, 3.8) is 0 Å². The fourth-order valence-corrected chi connectivity index (χ4v) is 2.78. The zero-order valence-corrected chi connectivity index (χ0v) is 13.9. The highest BCUT2D eigenvalue weighted by Crippen LogP contribution is 2.26. The predicted molar refractivity (Wildman–Crippen MR) is 95.3 cm³/mol. The maximum Gasteiger partial charge on any atom is 0.270 e. The molecular weight excluding hydrogens is 342 g/mol. The Morgan fingerprint density at radius 3 is 2.92 bits per heavy atom. The van der Waals surface area contributed by atoms with Crippen molar-refractivity contribution in [1.82, 2.24) is 4.98 Å². The van der Waals surface area contributed by atoms with E-state index in [0.717, 1.165) is 5.76 Å². The topological polar surface area (TPSA) is 98.3 Å². The summed E-state index contributed by atoms with van der Waals surface area (Å²) in [5.41, 5.74) is 1.19. The normalized spacial score (nSPS) is 10.9. The number of aryl methyl sites for hydroxylation is 1. The molecule has 3 rings (SSSR count). The molecular formula is C17H13N3O4S. The van der Waals surface area contributed by atoms with Gasteiger partial charge in [0, 0.05) is 23.6 Å². The number of hydrogen-bond acceptors (Lipinski definition) is 6. The van der Waals surface area contributed by atoms with E-state index in [9.17, 15) is 14.9 Å². The molecule has 1 amide bonds. The van der Waals surface area contributed by atoms with Crippen molar-refractivity contribution in [2.45, 2.75) is 6.92 Å². The molecule has 3 aromatic rings. The van der Waals surface area contributed by atoms with Gasteiger partial charge in [-0.3, -0.25) is 20.2 Å². The van der Waals surface area contributed by atoms with Crippen LogP contribution in [-0.2, 0) is 4.79 Å². The summed E-state index contributed by atoms with van der Waals surface area (Å²) in [6.45, 7) is 1.84. The van der Waals surface area contributed by atoms with Gasteiger partial charge in [0.15, 0.2) is 10.9 Å². The Balaban J connectivity index is 1.66. The molecule has 1 aromatic carbocycles. The van der Waals surface area contributed by atoms with E-state index in [1.807, 2.05) is 19.1 Å². The van der Waals surface area contributed by atoms with Gasteiger partial charge in [-0.25, -0.2) is 4.98 Å². The Morgan fingerprint density at radius 1 is 1.36 bits per heavy atom. The predicted octanol–water partition coefficient (Wildman–Crippen LogP) is 4.27. The summed E-state index contributed by atoms with van der Waals surface area (Å²) in [5.74, 6) is 1.05. The number of nitro benzene ring substituents is 1. The molecule has 126 valence electrons. The molecule has 0 aliphatic rings. The Kier molecular flexibility index (Phi) is 4.71. The van der Waals surface area contributed by atoms with E-state index in [0.29, 0.717) is 22.1 Å². The number of aromatic nitrogens is 1. The van der Waals surface area contributed by atoms with E-state index in [2.05, 4.69) is 10.3 Å². The highest BCUT2D eigenvalue weighted by Gasteiger charge is 2.09. The molecule has 0 unspecified atom stereocenters. The number of nitrogens with one attached hydrogen (secondary N) is 1. The number of furan rings is 1. The Labute approximate surface area is 146 Å². The molecule has 0 atom stereocenters. The summed E-state index contributed by atoms with van der Waals surface area (Å²) in [5, 5.41) is 15.6. The summed E-state index contributed by atoms with van der Waals surface area (Å²) in [6.07, 6.45) is 2.81. The van der Waals surface area contributed by atoms with Gasteiger partial charge < -0.3 is 4.42 Å². The van der Waals surface area contributed by atoms with Crippen LogP contribution >= 0.6 is 11.3 Å². The van der Waals surface area contributed by atoms with Crippen LogP contribution in [0.4, 0.5) is 10.8 Å². The van der Waals surface area contributed by atoms with E-state index < -0.39 is 4.92 Å². The lowest BCUT2D eigenvalue weighted by atomic mass is 10.2.